The quantitative estimate of drug-likeness (QED) is 0.750. The molecule has 0 saturated carbocycles. The summed E-state index contributed by atoms with van der Waals surface area (Å²) in [7, 11) is 0. The van der Waals surface area contributed by atoms with Crippen LogP contribution >= 0.6 is 0 Å². The Kier molecular flexibility index (Phi) is 3.70. The molecule has 0 unspecified atom stereocenters. The number of rotatable bonds is 3. The van der Waals surface area contributed by atoms with Gasteiger partial charge in [0, 0.05) is 36.8 Å². The van der Waals surface area contributed by atoms with Crippen LogP contribution < -0.4 is 5.32 Å². The average molecular weight is 340 g/mol. The molecule has 0 bridgehead atoms. The van der Waals surface area contributed by atoms with Crippen molar-refractivity contribution >= 4 is 11.7 Å². The number of nitrogens with one attached hydrogen (secondary N) is 1. The van der Waals surface area contributed by atoms with E-state index < -0.39 is 0 Å². The van der Waals surface area contributed by atoms with Gasteiger partial charge in [0.25, 0.3) is 11.7 Å². The minimum atomic E-state index is -0.276. The van der Waals surface area contributed by atoms with E-state index in [0.717, 1.165) is 42.3 Å². The highest BCUT2D eigenvalue weighted by Gasteiger charge is 2.25. The molecule has 0 fully saturated rings. The van der Waals surface area contributed by atoms with Crippen LogP contribution in [0.5, 0.6) is 0 Å². The molecule has 0 spiro atoms. The molecule has 3 aromatic rings. The highest BCUT2D eigenvalue weighted by atomic mass is 16.2. The SMILES string of the molecule is CCc1nnc2n1C[C@H](NC(=O)c1nc3nc(C)cc(C)n3n1)CC2. The number of fused-ring (bicyclic) bond motifs is 2. The van der Waals surface area contributed by atoms with Crippen LogP contribution in [-0.2, 0) is 19.4 Å². The zero-order valence-corrected chi connectivity index (χ0v) is 14.5. The summed E-state index contributed by atoms with van der Waals surface area (Å²) in [5.74, 6) is 2.26. The van der Waals surface area contributed by atoms with Crippen LogP contribution in [-0.4, -0.2) is 46.3 Å². The summed E-state index contributed by atoms with van der Waals surface area (Å²) in [6.07, 6.45) is 2.46. The van der Waals surface area contributed by atoms with E-state index in [-0.39, 0.29) is 17.8 Å². The van der Waals surface area contributed by atoms with Crippen molar-refractivity contribution in [1.82, 2.24) is 39.7 Å². The second kappa shape index (κ2) is 5.91. The standard InChI is InChI=1S/C16H20N8O/c1-4-12-20-21-13-6-5-11(8-23(12)13)18-15(25)14-19-16-17-9(2)7-10(3)24(16)22-14/h7,11H,4-6,8H2,1-3H3,(H,18,25)/t11-/m1/s1. The summed E-state index contributed by atoms with van der Waals surface area (Å²) in [5, 5.41) is 15.7. The molecule has 1 N–H and O–H groups in total. The average Bonchev–Trinajstić information content (AvgIpc) is 3.18. The number of nitrogens with zero attached hydrogens (tertiary/aromatic N) is 7. The molecule has 1 amide bonds. The number of aromatic nitrogens is 7. The molecule has 0 aliphatic carbocycles. The third kappa shape index (κ3) is 2.75. The fourth-order valence-electron chi connectivity index (χ4n) is 3.27. The zero-order valence-electron chi connectivity index (χ0n) is 14.5. The van der Waals surface area contributed by atoms with E-state index in [1.807, 2.05) is 19.9 Å². The van der Waals surface area contributed by atoms with Gasteiger partial charge in [0.1, 0.15) is 11.6 Å². The van der Waals surface area contributed by atoms with Gasteiger partial charge in [0.15, 0.2) is 0 Å². The minimum Gasteiger partial charge on any atom is -0.345 e. The Morgan fingerprint density at radius 1 is 1.32 bits per heavy atom. The second-order valence-electron chi connectivity index (χ2n) is 6.39. The predicted octanol–water partition coefficient (Wildman–Crippen LogP) is 0.640. The molecular formula is C16H20N8O. The Balaban J connectivity index is 1.54. The highest BCUT2D eigenvalue weighted by molar-refractivity contribution is 5.91. The van der Waals surface area contributed by atoms with Crippen LogP contribution in [0.15, 0.2) is 6.07 Å². The lowest BCUT2D eigenvalue weighted by Gasteiger charge is -2.24. The normalized spacial score (nSPS) is 16.8. The van der Waals surface area contributed by atoms with E-state index in [0.29, 0.717) is 12.3 Å². The maximum Gasteiger partial charge on any atom is 0.291 e. The summed E-state index contributed by atoms with van der Waals surface area (Å²) < 4.78 is 3.69. The van der Waals surface area contributed by atoms with Gasteiger partial charge in [-0.3, -0.25) is 4.79 Å². The first-order valence-electron chi connectivity index (χ1n) is 8.48. The largest absolute Gasteiger partial charge is 0.345 e. The fourth-order valence-corrected chi connectivity index (χ4v) is 3.27. The van der Waals surface area contributed by atoms with E-state index in [4.69, 9.17) is 0 Å². The third-order valence-corrected chi connectivity index (χ3v) is 4.50. The van der Waals surface area contributed by atoms with Crippen molar-refractivity contribution in [3.8, 4) is 0 Å². The molecule has 0 radical (unpaired) electrons. The fraction of sp³-hybridized carbons (Fsp3) is 0.500. The van der Waals surface area contributed by atoms with Gasteiger partial charge in [0.05, 0.1) is 0 Å². The molecule has 1 aliphatic heterocycles. The molecule has 4 rings (SSSR count). The summed E-state index contributed by atoms with van der Waals surface area (Å²) in [6.45, 7) is 6.54. The van der Waals surface area contributed by atoms with Crippen molar-refractivity contribution < 1.29 is 4.79 Å². The summed E-state index contributed by atoms with van der Waals surface area (Å²) in [6, 6.07) is 1.92. The van der Waals surface area contributed by atoms with Crippen LogP contribution in [0.1, 0.15) is 47.0 Å². The van der Waals surface area contributed by atoms with Crippen molar-refractivity contribution in [1.29, 1.82) is 0 Å². The maximum atomic E-state index is 12.6. The third-order valence-electron chi connectivity index (χ3n) is 4.50. The molecule has 9 nitrogen and oxygen atoms in total. The molecule has 25 heavy (non-hydrogen) atoms. The van der Waals surface area contributed by atoms with Crippen molar-refractivity contribution in [2.45, 2.75) is 52.6 Å². The van der Waals surface area contributed by atoms with Gasteiger partial charge < -0.3 is 9.88 Å². The zero-order chi connectivity index (χ0) is 17.6. The maximum absolute atomic E-state index is 12.6. The lowest BCUT2D eigenvalue weighted by molar-refractivity contribution is 0.0917. The Labute approximate surface area is 144 Å². The number of hydrogen-bond acceptors (Lipinski definition) is 6. The highest BCUT2D eigenvalue weighted by Crippen LogP contribution is 2.16. The van der Waals surface area contributed by atoms with Crippen LogP contribution in [0.2, 0.25) is 0 Å². The Morgan fingerprint density at radius 3 is 2.96 bits per heavy atom. The predicted molar refractivity (Wildman–Crippen MR) is 89.2 cm³/mol. The molecule has 1 atom stereocenters. The molecule has 4 heterocycles. The summed E-state index contributed by atoms with van der Waals surface area (Å²) in [4.78, 5) is 21.2. The van der Waals surface area contributed by atoms with E-state index in [1.54, 1.807) is 4.52 Å². The Hall–Kier alpha value is -2.84. The van der Waals surface area contributed by atoms with Gasteiger partial charge in [-0.15, -0.1) is 15.3 Å². The molecule has 130 valence electrons. The number of carbonyl (C=O) groups excluding carboxylic acids is 1. The van der Waals surface area contributed by atoms with Crippen molar-refractivity contribution in [3.05, 3.63) is 34.9 Å². The molecule has 1 aliphatic rings. The van der Waals surface area contributed by atoms with Gasteiger partial charge in [-0.05, 0) is 26.3 Å². The van der Waals surface area contributed by atoms with Gasteiger partial charge in [0.2, 0.25) is 5.82 Å². The first kappa shape index (κ1) is 15.7. The van der Waals surface area contributed by atoms with E-state index in [9.17, 15) is 4.79 Å². The number of amides is 1. The van der Waals surface area contributed by atoms with Crippen LogP contribution in [0.25, 0.3) is 5.78 Å². The molecule has 0 aromatic carbocycles. The topological polar surface area (TPSA) is 103 Å². The first-order chi connectivity index (χ1) is 12.0. The van der Waals surface area contributed by atoms with Crippen molar-refractivity contribution in [2.24, 2.45) is 0 Å². The minimum absolute atomic E-state index is 0.0173. The number of aryl methyl sites for hydroxylation is 4. The van der Waals surface area contributed by atoms with Gasteiger partial charge in [-0.1, -0.05) is 6.92 Å². The summed E-state index contributed by atoms with van der Waals surface area (Å²) in [5.41, 5.74) is 1.75. The van der Waals surface area contributed by atoms with Crippen LogP contribution in [0.4, 0.5) is 0 Å². The van der Waals surface area contributed by atoms with Crippen LogP contribution in [0, 0.1) is 13.8 Å². The van der Waals surface area contributed by atoms with Gasteiger partial charge in [-0.2, -0.15) is 4.98 Å². The lowest BCUT2D eigenvalue weighted by Crippen LogP contribution is -2.41. The molecule has 0 saturated heterocycles. The summed E-state index contributed by atoms with van der Waals surface area (Å²) >= 11 is 0. The van der Waals surface area contributed by atoms with Crippen LogP contribution in [0.3, 0.4) is 0 Å². The van der Waals surface area contributed by atoms with Gasteiger partial charge >= 0.3 is 0 Å². The lowest BCUT2D eigenvalue weighted by atomic mass is 10.1. The number of hydrogen-bond donors (Lipinski definition) is 1. The van der Waals surface area contributed by atoms with Crippen molar-refractivity contribution in [2.75, 3.05) is 0 Å². The van der Waals surface area contributed by atoms with E-state index in [1.165, 1.54) is 0 Å². The van der Waals surface area contributed by atoms with Gasteiger partial charge in [-0.25, -0.2) is 9.50 Å². The van der Waals surface area contributed by atoms with E-state index >= 15 is 0 Å². The smallest absolute Gasteiger partial charge is 0.291 e. The van der Waals surface area contributed by atoms with E-state index in [2.05, 4.69) is 42.1 Å². The monoisotopic (exact) mass is 340 g/mol. The molecule has 3 aromatic heterocycles. The second-order valence-corrected chi connectivity index (χ2v) is 6.39. The molecular weight excluding hydrogens is 320 g/mol. The Morgan fingerprint density at radius 2 is 2.16 bits per heavy atom. The van der Waals surface area contributed by atoms with Crippen molar-refractivity contribution in [3.63, 3.8) is 0 Å². The first-order valence-corrected chi connectivity index (χ1v) is 8.48. The number of carbonyl (C=O) groups is 1. The Bertz CT molecular complexity index is 943. The molecule has 9 heteroatoms.